The highest BCUT2D eigenvalue weighted by molar-refractivity contribution is 5.88. The fraction of sp³-hybridized carbons (Fsp3) is 0.385. The molecule has 2 aliphatic rings. The Morgan fingerprint density at radius 2 is 1.80 bits per heavy atom. The van der Waals surface area contributed by atoms with Gasteiger partial charge in [0.2, 0.25) is 5.91 Å². The van der Waals surface area contributed by atoms with E-state index in [0.29, 0.717) is 24.4 Å². The molecule has 0 N–H and O–H groups in total. The van der Waals surface area contributed by atoms with E-state index in [1.54, 1.807) is 0 Å². The van der Waals surface area contributed by atoms with Crippen molar-refractivity contribution in [3.05, 3.63) is 60.3 Å². The summed E-state index contributed by atoms with van der Waals surface area (Å²) in [4.78, 5) is 18.9. The number of rotatable bonds is 4. The molecular weight excluding hydrogens is 372 g/mol. The maximum Gasteiger partial charge on any atom is 0.222 e. The van der Waals surface area contributed by atoms with Gasteiger partial charge in [0.15, 0.2) is 0 Å². The number of amides is 1. The van der Waals surface area contributed by atoms with E-state index in [0.717, 1.165) is 36.9 Å². The molecule has 2 aliphatic heterocycles. The largest absolute Gasteiger partial charge is 0.490 e. The lowest BCUT2D eigenvalue weighted by atomic mass is 9.97. The minimum Gasteiger partial charge on any atom is -0.490 e. The Labute approximate surface area is 177 Å². The van der Waals surface area contributed by atoms with Gasteiger partial charge in [-0.05, 0) is 54.7 Å². The number of pyridine rings is 1. The number of carbonyl (C=O) groups is 1. The zero-order valence-electron chi connectivity index (χ0n) is 17.7. The molecule has 30 heavy (non-hydrogen) atoms. The molecule has 4 nitrogen and oxygen atoms in total. The van der Waals surface area contributed by atoms with Crippen molar-refractivity contribution < 1.29 is 9.53 Å². The molecule has 4 heteroatoms. The monoisotopic (exact) mass is 400 g/mol. The van der Waals surface area contributed by atoms with Gasteiger partial charge in [-0.3, -0.25) is 9.78 Å². The first-order chi connectivity index (χ1) is 14.6. The molecule has 0 saturated carbocycles. The molecule has 3 aromatic rings. The van der Waals surface area contributed by atoms with Crippen LogP contribution in [0.3, 0.4) is 0 Å². The van der Waals surface area contributed by atoms with Gasteiger partial charge in [-0.1, -0.05) is 37.3 Å². The Morgan fingerprint density at radius 3 is 2.50 bits per heavy atom. The molecule has 0 radical (unpaired) electrons. The van der Waals surface area contributed by atoms with Crippen LogP contribution in [-0.2, 0) is 4.79 Å². The van der Waals surface area contributed by atoms with Crippen LogP contribution in [-0.4, -0.2) is 34.0 Å². The Hall–Kier alpha value is -2.88. The number of aryl methyl sites for hydroxylation is 1. The molecule has 1 amide bonds. The Kier molecular flexibility index (Phi) is 4.93. The molecule has 3 atom stereocenters. The van der Waals surface area contributed by atoms with Gasteiger partial charge in [0.1, 0.15) is 11.9 Å². The summed E-state index contributed by atoms with van der Waals surface area (Å²) in [6, 6.07) is 17.5. The average molecular weight is 401 g/mol. The summed E-state index contributed by atoms with van der Waals surface area (Å²) in [5.41, 5.74) is 4.64. The lowest BCUT2D eigenvalue weighted by Gasteiger charge is -2.38. The van der Waals surface area contributed by atoms with E-state index in [-0.39, 0.29) is 6.10 Å². The molecule has 2 fully saturated rings. The first-order valence-corrected chi connectivity index (χ1v) is 11.1. The van der Waals surface area contributed by atoms with Gasteiger partial charge >= 0.3 is 0 Å². The predicted molar refractivity (Wildman–Crippen MR) is 120 cm³/mol. The van der Waals surface area contributed by atoms with Crippen molar-refractivity contribution in [2.45, 2.75) is 64.1 Å². The van der Waals surface area contributed by atoms with Crippen molar-refractivity contribution >= 4 is 16.8 Å². The predicted octanol–water partition coefficient (Wildman–Crippen LogP) is 5.52. The molecular formula is C26H28N2O2. The first kappa shape index (κ1) is 19.1. The number of aromatic nitrogens is 1. The van der Waals surface area contributed by atoms with Gasteiger partial charge in [-0.15, -0.1) is 0 Å². The van der Waals surface area contributed by atoms with Crippen LogP contribution in [0.25, 0.3) is 22.0 Å². The van der Waals surface area contributed by atoms with E-state index in [4.69, 9.17) is 4.74 Å². The van der Waals surface area contributed by atoms with Gasteiger partial charge in [0, 0.05) is 42.9 Å². The van der Waals surface area contributed by atoms with Crippen molar-refractivity contribution in [2.75, 3.05) is 0 Å². The number of ether oxygens (including phenoxy) is 1. The lowest BCUT2D eigenvalue weighted by molar-refractivity contribution is -0.136. The molecule has 0 aliphatic carbocycles. The SMILES string of the molecule is CCC(=O)N1C2CC[C@H]1C[C@@H](Oc1ccc(-c3ccc4cccnc4c3C)cc1)C2. The van der Waals surface area contributed by atoms with Crippen LogP contribution in [0.4, 0.5) is 0 Å². The first-order valence-electron chi connectivity index (χ1n) is 11.1. The van der Waals surface area contributed by atoms with E-state index in [9.17, 15) is 4.79 Å². The van der Waals surface area contributed by atoms with E-state index in [1.165, 1.54) is 22.1 Å². The van der Waals surface area contributed by atoms with Crippen LogP contribution in [0.15, 0.2) is 54.7 Å². The van der Waals surface area contributed by atoms with Crippen molar-refractivity contribution in [3.8, 4) is 16.9 Å². The maximum atomic E-state index is 12.3. The second-order valence-corrected chi connectivity index (χ2v) is 8.59. The maximum absolute atomic E-state index is 12.3. The molecule has 1 aromatic heterocycles. The fourth-order valence-corrected chi connectivity index (χ4v) is 5.32. The van der Waals surface area contributed by atoms with E-state index >= 15 is 0 Å². The van der Waals surface area contributed by atoms with Crippen LogP contribution < -0.4 is 4.74 Å². The second kappa shape index (κ2) is 7.75. The van der Waals surface area contributed by atoms with Crippen molar-refractivity contribution in [2.24, 2.45) is 0 Å². The van der Waals surface area contributed by atoms with Crippen LogP contribution in [0, 0.1) is 6.92 Å². The third-order valence-electron chi connectivity index (χ3n) is 6.78. The number of carbonyl (C=O) groups excluding carboxylic acids is 1. The number of piperidine rings is 1. The normalized spacial score (nSPS) is 23.0. The second-order valence-electron chi connectivity index (χ2n) is 8.59. The highest BCUT2D eigenvalue weighted by atomic mass is 16.5. The third kappa shape index (κ3) is 3.34. The van der Waals surface area contributed by atoms with Crippen LogP contribution in [0.1, 0.15) is 44.6 Å². The summed E-state index contributed by atoms with van der Waals surface area (Å²) >= 11 is 0. The van der Waals surface area contributed by atoms with E-state index < -0.39 is 0 Å². The van der Waals surface area contributed by atoms with Gasteiger partial charge < -0.3 is 9.64 Å². The van der Waals surface area contributed by atoms with Crippen LogP contribution >= 0.6 is 0 Å². The highest BCUT2D eigenvalue weighted by Gasteiger charge is 2.43. The Bertz CT molecular complexity index is 1060. The summed E-state index contributed by atoms with van der Waals surface area (Å²) < 4.78 is 6.34. The third-order valence-corrected chi connectivity index (χ3v) is 6.78. The summed E-state index contributed by atoms with van der Waals surface area (Å²) in [5, 5.41) is 1.17. The number of fused-ring (bicyclic) bond motifs is 3. The molecule has 2 aromatic carbocycles. The van der Waals surface area contributed by atoms with Crippen molar-refractivity contribution in [1.82, 2.24) is 9.88 Å². The molecule has 154 valence electrons. The van der Waals surface area contributed by atoms with Gasteiger partial charge in [-0.25, -0.2) is 0 Å². The highest BCUT2D eigenvalue weighted by Crippen LogP contribution is 2.38. The summed E-state index contributed by atoms with van der Waals surface area (Å²) in [7, 11) is 0. The minimum absolute atomic E-state index is 0.195. The van der Waals surface area contributed by atoms with Crippen molar-refractivity contribution in [1.29, 1.82) is 0 Å². The standard InChI is InChI=1S/C26H28N2O2/c1-3-25(29)28-20-9-10-21(28)16-23(15-20)30-22-11-6-18(7-12-22)24-13-8-19-5-4-14-27-26(19)17(24)2/h4-8,11-14,20-21,23H,3,9-10,15-16H2,1-2H3/t20-,21?,23+/m0/s1. The fourth-order valence-electron chi connectivity index (χ4n) is 5.32. The molecule has 2 bridgehead atoms. The number of hydrogen-bond donors (Lipinski definition) is 0. The Balaban J connectivity index is 1.31. The summed E-state index contributed by atoms with van der Waals surface area (Å²) in [5.74, 6) is 1.21. The zero-order valence-corrected chi connectivity index (χ0v) is 17.7. The smallest absolute Gasteiger partial charge is 0.222 e. The van der Waals surface area contributed by atoms with E-state index in [2.05, 4.69) is 59.3 Å². The van der Waals surface area contributed by atoms with E-state index in [1.807, 2.05) is 19.2 Å². The molecule has 3 heterocycles. The zero-order chi connectivity index (χ0) is 20.7. The topological polar surface area (TPSA) is 42.4 Å². The number of benzene rings is 2. The molecule has 2 saturated heterocycles. The van der Waals surface area contributed by atoms with Crippen LogP contribution in [0.2, 0.25) is 0 Å². The average Bonchev–Trinajstić information content (AvgIpc) is 3.05. The Morgan fingerprint density at radius 1 is 1.07 bits per heavy atom. The number of hydrogen-bond acceptors (Lipinski definition) is 3. The van der Waals surface area contributed by atoms with Gasteiger partial charge in [0.25, 0.3) is 0 Å². The molecule has 1 unspecified atom stereocenters. The van der Waals surface area contributed by atoms with Gasteiger partial charge in [-0.2, -0.15) is 0 Å². The minimum atomic E-state index is 0.195. The number of nitrogens with zero attached hydrogens (tertiary/aromatic N) is 2. The lowest BCUT2D eigenvalue weighted by Crippen LogP contribution is -2.49. The van der Waals surface area contributed by atoms with Gasteiger partial charge in [0.05, 0.1) is 5.52 Å². The summed E-state index contributed by atoms with van der Waals surface area (Å²) in [6.45, 7) is 4.09. The van der Waals surface area contributed by atoms with Crippen molar-refractivity contribution in [3.63, 3.8) is 0 Å². The molecule has 5 rings (SSSR count). The molecule has 0 spiro atoms. The quantitative estimate of drug-likeness (QED) is 0.579. The van der Waals surface area contributed by atoms with Crippen LogP contribution in [0.5, 0.6) is 5.75 Å². The summed E-state index contributed by atoms with van der Waals surface area (Å²) in [6.07, 6.45) is 6.76.